The molecule has 1 aliphatic heterocycles. The molecule has 5 rings (SSSR count). The highest BCUT2D eigenvalue weighted by Crippen LogP contribution is 2.40. The Balaban J connectivity index is 1.37. The molecule has 0 aliphatic carbocycles. The molecule has 2 heterocycles. The van der Waals surface area contributed by atoms with Crippen molar-refractivity contribution in [1.29, 1.82) is 0 Å². The largest absolute Gasteiger partial charge is 0.454 e. The fourth-order valence-electron chi connectivity index (χ4n) is 3.13. The van der Waals surface area contributed by atoms with Crippen molar-refractivity contribution in [1.82, 2.24) is 9.71 Å². The Morgan fingerprint density at radius 3 is 2.67 bits per heavy atom. The fraction of sp³-hybridized carbons (Fsp3) is 0.0435. The number of pyridine rings is 1. The van der Waals surface area contributed by atoms with E-state index in [2.05, 4.69) is 32.1 Å². The van der Waals surface area contributed by atoms with Crippen LogP contribution in [0.1, 0.15) is 5.69 Å². The zero-order valence-electron chi connectivity index (χ0n) is 15.8. The minimum absolute atomic E-state index is 0.462. The first-order chi connectivity index (χ1) is 14.8. The number of aliphatic imine (C=N–C) groups is 1. The second-order valence-electron chi connectivity index (χ2n) is 6.65. The third-order valence-corrected chi connectivity index (χ3v) is 5.77. The van der Waals surface area contributed by atoms with Crippen LogP contribution in [-0.4, -0.2) is 10.9 Å². The molecule has 0 unspecified atom stereocenters. The van der Waals surface area contributed by atoms with Crippen LogP contribution in [-0.2, 0) is 6.54 Å². The molecular weight excluding hydrogens is 416 g/mol. The second kappa shape index (κ2) is 8.26. The molecule has 148 valence electrons. The molecule has 0 radical (unpaired) electrons. The van der Waals surface area contributed by atoms with Gasteiger partial charge in [-0.3, -0.25) is 9.71 Å². The van der Waals surface area contributed by atoms with Crippen LogP contribution in [0.2, 0.25) is 5.02 Å². The van der Waals surface area contributed by atoms with Crippen LogP contribution >= 0.6 is 23.5 Å². The Morgan fingerprint density at radius 1 is 0.900 bits per heavy atom. The van der Waals surface area contributed by atoms with E-state index in [1.54, 1.807) is 6.07 Å². The molecule has 1 aliphatic rings. The Kier molecular flexibility index (Phi) is 5.17. The number of aromatic nitrogens is 1. The van der Waals surface area contributed by atoms with Gasteiger partial charge in [0.2, 0.25) is 5.96 Å². The Morgan fingerprint density at radius 2 is 1.73 bits per heavy atom. The number of nitrogens with one attached hydrogen (secondary N) is 2. The summed E-state index contributed by atoms with van der Waals surface area (Å²) < 4.78 is 9.30. The Labute approximate surface area is 183 Å². The van der Waals surface area contributed by atoms with E-state index in [1.807, 2.05) is 60.7 Å². The summed E-state index contributed by atoms with van der Waals surface area (Å²) in [6.45, 7) is 0.462. The number of anilines is 1. The molecular formula is C23H17ClN4OS. The lowest BCUT2D eigenvalue weighted by Gasteiger charge is -2.23. The summed E-state index contributed by atoms with van der Waals surface area (Å²) in [5.41, 5.74) is 2.72. The normalized spacial score (nSPS) is 14.1. The molecule has 1 aromatic heterocycles. The minimum Gasteiger partial charge on any atom is -0.454 e. The topological polar surface area (TPSA) is 58.5 Å². The number of para-hydroxylation sites is 3. The zero-order valence-corrected chi connectivity index (χ0v) is 17.4. The first-order valence-electron chi connectivity index (χ1n) is 9.41. The molecule has 0 fully saturated rings. The number of ether oxygens (including phenoxy) is 1. The quantitative estimate of drug-likeness (QED) is 0.373. The highest BCUT2D eigenvalue weighted by Gasteiger charge is 2.19. The molecule has 0 saturated carbocycles. The average Bonchev–Trinajstić information content (AvgIpc) is 2.79. The van der Waals surface area contributed by atoms with Gasteiger partial charge in [-0.2, -0.15) is 0 Å². The van der Waals surface area contributed by atoms with Crippen molar-refractivity contribution in [2.75, 3.05) is 5.32 Å². The van der Waals surface area contributed by atoms with E-state index in [-0.39, 0.29) is 0 Å². The molecule has 0 bridgehead atoms. The van der Waals surface area contributed by atoms with Crippen molar-refractivity contribution in [2.24, 2.45) is 4.99 Å². The van der Waals surface area contributed by atoms with Gasteiger partial charge in [0.15, 0.2) is 5.75 Å². The van der Waals surface area contributed by atoms with Crippen LogP contribution in [0.15, 0.2) is 88.8 Å². The summed E-state index contributed by atoms with van der Waals surface area (Å²) in [6.07, 6.45) is 0. The molecule has 0 spiro atoms. The second-order valence-corrected chi connectivity index (χ2v) is 7.91. The monoisotopic (exact) mass is 432 g/mol. The van der Waals surface area contributed by atoms with Gasteiger partial charge in [-0.25, -0.2) is 4.99 Å². The number of rotatable bonds is 4. The number of guanidine groups is 1. The molecule has 7 heteroatoms. The Hall–Kier alpha value is -3.22. The van der Waals surface area contributed by atoms with Gasteiger partial charge < -0.3 is 10.1 Å². The van der Waals surface area contributed by atoms with E-state index in [4.69, 9.17) is 16.3 Å². The summed E-state index contributed by atoms with van der Waals surface area (Å²) in [5.74, 6) is 1.94. The molecule has 2 N–H and O–H groups in total. The van der Waals surface area contributed by atoms with E-state index < -0.39 is 0 Å². The van der Waals surface area contributed by atoms with Gasteiger partial charge in [-0.1, -0.05) is 54.1 Å². The lowest BCUT2D eigenvalue weighted by molar-refractivity contribution is 0.484. The van der Waals surface area contributed by atoms with Crippen LogP contribution in [0.4, 0.5) is 5.69 Å². The van der Waals surface area contributed by atoms with Gasteiger partial charge in [0.05, 0.1) is 33.4 Å². The van der Waals surface area contributed by atoms with E-state index in [0.717, 1.165) is 27.2 Å². The fourth-order valence-corrected chi connectivity index (χ4v) is 4.02. The van der Waals surface area contributed by atoms with Gasteiger partial charge in [-0.15, -0.1) is 0 Å². The van der Waals surface area contributed by atoms with Crippen molar-refractivity contribution < 1.29 is 4.74 Å². The summed E-state index contributed by atoms with van der Waals surface area (Å²) in [7, 11) is 0. The van der Waals surface area contributed by atoms with Crippen molar-refractivity contribution >= 4 is 46.1 Å². The molecule has 4 aromatic rings. The predicted molar refractivity (Wildman–Crippen MR) is 123 cm³/mol. The van der Waals surface area contributed by atoms with E-state index in [1.165, 1.54) is 11.9 Å². The van der Waals surface area contributed by atoms with Crippen molar-refractivity contribution in [2.45, 2.75) is 11.4 Å². The lowest BCUT2D eigenvalue weighted by atomic mass is 10.2. The molecule has 3 aromatic carbocycles. The third kappa shape index (κ3) is 3.92. The van der Waals surface area contributed by atoms with Gasteiger partial charge in [-0.05, 0) is 48.3 Å². The van der Waals surface area contributed by atoms with Gasteiger partial charge in [0, 0.05) is 5.39 Å². The first kappa shape index (κ1) is 18.8. The van der Waals surface area contributed by atoms with E-state index in [0.29, 0.717) is 29.0 Å². The predicted octanol–water partition coefficient (Wildman–Crippen LogP) is 6.26. The maximum absolute atomic E-state index is 6.25. The van der Waals surface area contributed by atoms with Crippen LogP contribution in [0.25, 0.3) is 10.9 Å². The number of hydrogen-bond donors (Lipinski definition) is 2. The van der Waals surface area contributed by atoms with E-state index >= 15 is 0 Å². The van der Waals surface area contributed by atoms with Gasteiger partial charge >= 0.3 is 0 Å². The maximum atomic E-state index is 6.25. The molecule has 0 amide bonds. The zero-order chi connectivity index (χ0) is 20.3. The number of nitrogens with zero attached hydrogens (tertiary/aromatic N) is 2. The van der Waals surface area contributed by atoms with Gasteiger partial charge in [0.25, 0.3) is 0 Å². The summed E-state index contributed by atoms with van der Waals surface area (Å²) in [5, 5.41) is 5.02. The van der Waals surface area contributed by atoms with Crippen molar-refractivity contribution in [3.05, 3.63) is 89.6 Å². The third-order valence-electron chi connectivity index (χ3n) is 4.60. The first-order valence-corrected chi connectivity index (χ1v) is 10.6. The highest BCUT2D eigenvalue weighted by atomic mass is 35.5. The number of hydrogen-bond acceptors (Lipinski definition) is 4. The summed E-state index contributed by atoms with van der Waals surface area (Å²) in [4.78, 5) is 10.3. The Bertz CT molecular complexity index is 1260. The summed E-state index contributed by atoms with van der Waals surface area (Å²) >= 11 is 7.74. The number of benzene rings is 3. The van der Waals surface area contributed by atoms with Crippen molar-refractivity contribution in [3.8, 4) is 11.5 Å². The SMILES string of the molecule is Clc1ccccc1Oc1cccc2c1NC(=NCc1ccc3ccccc3n1)NS2. The average molecular weight is 433 g/mol. The molecule has 0 saturated heterocycles. The summed E-state index contributed by atoms with van der Waals surface area (Å²) in [6, 6.07) is 25.4. The highest BCUT2D eigenvalue weighted by molar-refractivity contribution is 7.98. The molecule has 30 heavy (non-hydrogen) atoms. The van der Waals surface area contributed by atoms with Crippen LogP contribution in [0.5, 0.6) is 11.5 Å². The van der Waals surface area contributed by atoms with Crippen molar-refractivity contribution in [3.63, 3.8) is 0 Å². The van der Waals surface area contributed by atoms with E-state index in [9.17, 15) is 0 Å². The molecule has 5 nitrogen and oxygen atoms in total. The van der Waals surface area contributed by atoms with Gasteiger partial charge in [0.1, 0.15) is 5.75 Å². The van der Waals surface area contributed by atoms with Crippen LogP contribution in [0.3, 0.4) is 0 Å². The van der Waals surface area contributed by atoms with Crippen LogP contribution in [0, 0.1) is 0 Å². The minimum atomic E-state index is 0.462. The number of fused-ring (bicyclic) bond motifs is 2. The maximum Gasteiger partial charge on any atom is 0.206 e. The lowest BCUT2D eigenvalue weighted by Crippen LogP contribution is -2.29. The molecule has 0 atom stereocenters. The smallest absolute Gasteiger partial charge is 0.206 e. The van der Waals surface area contributed by atoms with Crippen LogP contribution < -0.4 is 14.8 Å². The number of halogens is 1. The standard InChI is InChI=1S/C23H17ClN4OS/c24-17-7-2-4-9-19(17)29-20-10-5-11-21-22(20)27-23(28-30-21)25-14-16-13-12-15-6-1-3-8-18(15)26-16/h1-13H,14H2,(H2,25,27,28).